The van der Waals surface area contributed by atoms with Gasteiger partial charge in [-0.1, -0.05) is 60.7 Å². The number of carbonyl (C=O) groups is 4. The smallest absolute Gasteiger partial charge is 0.475 e. The maximum Gasteiger partial charge on any atom is 0.490 e. The zero-order chi connectivity index (χ0) is 27.0. The van der Waals surface area contributed by atoms with Gasteiger partial charge in [-0.25, -0.2) is 9.59 Å². The zero-order valence-electron chi connectivity index (χ0n) is 19.2. The SMILES string of the molecule is NCCC(=O)NC(CCC(=O)OCc1ccccc1)C(=O)OCc1ccccc1.O=C(O)C(F)(F)F. The van der Waals surface area contributed by atoms with Crippen LogP contribution < -0.4 is 11.1 Å². The number of alkyl halides is 3. The van der Waals surface area contributed by atoms with Crippen LogP contribution in [-0.2, 0) is 41.9 Å². The first-order valence-corrected chi connectivity index (χ1v) is 10.7. The molecule has 2 aromatic rings. The molecule has 196 valence electrons. The number of aliphatic carboxylic acids is 1. The highest BCUT2D eigenvalue weighted by Crippen LogP contribution is 2.13. The first-order chi connectivity index (χ1) is 17.0. The Labute approximate surface area is 205 Å². The number of amides is 1. The second-order valence-corrected chi connectivity index (χ2v) is 7.24. The van der Waals surface area contributed by atoms with Crippen molar-refractivity contribution in [3.63, 3.8) is 0 Å². The third-order valence-electron chi connectivity index (χ3n) is 4.34. The minimum atomic E-state index is -5.08. The highest BCUT2D eigenvalue weighted by molar-refractivity contribution is 5.85. The molecule has 9 nitrogen and oxygen atoms in total. The first kappa shape index (κ1) is 30.1. The van der Waals surface area contributed by atoms with Crippen LogP contribution in [0.4, 0.5) is 13.2 Å². The van der Waals surface area contributed by atoms with E-state index >= 15 is 0 Å². The molecule has 0 heterocycles. The molecule has 36 heavy (non-hydrogen) atoms. The van der Waals surface area contributed by atoms with Crippen LogP contribution in [0, 0.1) is 0 Å². The number of rotatable bonds is 11. The van der Waals surface area contributed by atoms with E-state index in [0.717, 1.165) is 11.1 Å². The lowest BCUT2D eigenvalue weighted by Crippen LogP contribution is -2.42. The number of nitrogens with two attached hydrogens (primary N) is 1. The minimum Gasteiger partial charge on any atom is -0.475 e. The molecule has 0 spiro atoms. The third-order valence-corrected chi connectivity index (χ3v) is 4.34. The van der Waals surface area contributed by atoms with Crippen molar-refractivity contribution in [3.8, 4) is 0 Å². The van der Waals surface area contributed by atoms with Gasteiger partial charge in [0.05, 0.1) is 0 Å². The van der Waals surface area contributed by atoms with Crippen LogP contribution in [-0.4, -0.2) is 47.7 Å². The van der Waals surface area contributed by atoms with E-state index in [-0.39, 0.29) is 44.9 Å². The lowest BCUT2D eigenvalue weighted by atomic mass is 10.1. The van der Waals surface area contributed by atoms with Gasteiger partial charge in [0.15, 0.2) is 0 Å². The van der Waals surface area contributed by atoms with Gasteiger partial charge in [-0.05, 0) is 17.5 Å². The normalized spacial score (nSPS) is 11.3. The van der Waals surface area contributed by atoms with E-state index in [2.05, 4.69) is 5.32 Å². The number of nitrogens with one attached hydrogen (secondary N) is 1. The second kappa shape index (κ2) is 15.9. The number of hydrogen-bond acceptors (Lipinski definition) is 7. The third kappa shape index (κ3) is 13.1. The number of carboxylic acids is 1. The van der Waals surface area contributed by atoms with Gasteiger partial charge in [0, 0.05) is 19.4 Å². The standard InChI is InChI=1S/C22H26N2O5.C2HF3O2/c23-14-13-20(25)24-19(22(27)29-16-18-9-5-2-6-10-18)11-12-21(26)28-15-17-7-3-1-4-8-17;3-2(4,5)1(6)7/h1-10,19H,11-16,23H2,(H,24,25);(H,6,7). The Morgan fingerprint density at radius 1 is 0.861 bits per heavy atom. The summed E-state index contributed by atoms with van der Waals surface area (Å²) in [7, 11) is 0. The molecule has 4 N–H and O–H groups in total. The fourth-order valence-electron chi connectivity index (χ4n) is 2.55. The molecule has 0 aromatic heterocycles. The lowest BCUT2D eigenvalue weighted by molar-refractivity contribution is -0.192. The Morgan fingerprint density at radius 3 is 1.78 bits per heavy atom. The van der Waals surface area contributed by atoms with E-state index in [0.29, 0.717) is 0 Å². The number of halogens is 3. The van der Waals surface area contributed by atoms with Crippen molar-refractivity contribution in [2.24, 2.45) is 5.73 Å². The molecule has 0 aliphatic heterocycles. The number of esters is 2. The van der Waals surface area contributed by atoms with Crippen molar-refractivity contribution in [1.29, 1.82) is 0 Å². The average molecular weight is 512 g/mol. The summed E-state index contributed by atoms with van der Waals surface area (Å²) in [6, 6.07) is 17.6. The van der Waals surface area contributed by atoms with Crippen molar-refractivity contribution in [3.05, 3.63) is 71.8 Å². The van der Waals surface area contributed by atoms with E-state index in [1.165, 1.54) is 0 Å². The van der Waals surface area contributed by atoms with Crippen molar-refractivity contribution < 1.29 is 46.9 Å². The lowest BCUT2D eigenvalue weighted by Gasteiger charge is -2.17. The number of hydrogen-bond donors (Lipinski definition) is 3. The first-order valence-electron chi connectivity index (χ1n) is 10.7. The largest absolute Gasteiger partial charge is 0.490 e. The molecule has 1 atom stereocenters. The molecule has 0 radical (unpaired) electrons. The Morgan fingerprint density at radius 2 is 1.33 bits per heavy atom. The monoisotopic (exact) mass is 512 g/mol. The van der Waals surface area contributed by atoms with E-state index in [1.54, 1.807) is 0 Å². The van der Waals surface area contributed by atoms with Crippen LogP contribution in [0.3, 0.4) is 0 Å². The van der Waals surface area contributed by atoms with Gasteiger partial charge in [0.1, 0.15) is 19.3 Å². The number of carbonyl (C=O) groups excluding carboxylic acids is 3. The van der Waals surface area contributed by atoms with Crippen molar-refractivity contribution >= 4 is 23.8 Å². The molecule has 2 aromatic carbocycles. The summed E-state index contributed by atoms with van der Waals surface area (Å²) in [4.78, 5) is 45.2. The molecule has 0 bridgehead atoms. The van der Waals surface area contributed by atoms with Gasteiger partial charge >= 0.3 is 24.1 Å². The van der Waals surface area contributed by atoms with Gasteiger partial charge in [0.25, 0.3) is 0 Å². The Hall–Kier alpha value is -3.93. The zero-order valence-corrected chi connectivity index (χ0v) is 19.2. The van der Waals surface area contributed by atoms with E-state index in [1.807, 2.05) is 60.7 Å². The van der Waals surface area contributed by atoms with Gasteiger partial charge in [-0.3, -0.25) is 9.59 Å². The van der Waals surface area contributed by atoms with Crippen molar-refractivity contribution in [2.75, 3.05) is 6.54 Å². The van der Waals surface area contributed by atoms with Crippen molar-refractivity contribution in [2.45, 2.75) is 44.7 Å². The number of benzene rings is 2. The van der Waals surface area contributed by atoms with Gasteiger partial charge in [-0.15, -0.1) is 0 Å². The molecular formula is C24H27F3N2O7. The summed E-state index contributed by atoms with van der Waals surface area (Å²) < 4.78 is 42.2. The van der Waals surface area contributed by atoms with Gasteiger partial charge in [-0.2, -0.15) is 13.2 Å². The number of carboxylic acid groups (broad SMARTS) is 1. The molecule has 0 aliphatic rings. The molecule has 0 saturated carbocycles. The van der Waals surface area contributed by atoms with Crippen molar-refractivity contribution in [1.82, 2.24) is 5.32 Å². The fraction of sp³-hybridized carbons (Fsp3) is 0.333. The number of ether oxygens (including phenoxy) is 2. The Balaban J connectivity index is 0.000000809. The minimum absolute atomic E-state index is 0.0269. The highest BCUT2D eigenvalue weighted by atomic mass is 19.4. The molecule has 1 unspecified atom stereocenters. The summed E-state index contributed by atoms with van der Waals surface area (Å²) >= 11 is 0. The van der Waals surface area contributed by atoms with E-state index in [4.69, 9.17) is 25.1 Å². The van der Waals surface area contributed by atoms with Gasteiger partial charge < -0.3 is 25.6 Å². The topological polar surface area (TPSA) is 145 Å². The van der Waals surface area contributed by atoms with Crippen LogP contribution in [0.15, 0.2) is 60.7 Å². The molecule has 0 saturated heterocycles. The molecule has 12 heteroatoms. The van der Waals surface area contributed by atoms with Crippen LogP contribution in [0.1, 0.15) is 30.4 Å². The second-order valence-electron chi connectivity index (χ2n) is 7.24. The average Bonchev–Trinajstić information content (AvgIpc) is 2.85. The highest BCUT2D eigenvalue weighted by Gasteiger charge is 2.38. The summed E-state index contributed by atoms with van der Waals surface area (Å²) in [6.07, 6.45) is -4.95. The fourth-order valence-corrected chi connectivity index (χ4v) is 2.55. The molecular weight excluding hydrogens is 485 g/mol. The summed E-state index contributed by atoms with van der Waals surface area (Å²) in [5.74, 6) is -4.18. The summed E-state index contributed by atoms with van der Waals surface area (Å²) in [5, 5.41) is 9.71. The predicted molar refractivity (Wildman–Crippen MR) is 121 cm³/mol. The predicted octanol–water partition coefficient (Wildman–Crippen LogP) is 2.72. The maximum absolute atomic E-state index is 12.4. The Kier molecular flexibility index (Phi) is 13.3. The van der Waals surface area contributed by atoms with Gasteiger partial charge in [0.2, 0.25) is 5.91 Å². The van der Waals surface area contributed by atoms with Crippen LogP contribution >= 0.6 is 0 Å². The van der Waals surface area contributed by atoms with Crippen LogP contribution in [0.2, 0.25) is 0 Å². The molecule has 2 rings (SSSR count). The molecule has 0 fully saturated rings. The molecule has 0 aliphatic carbocycles. The van der Waals surface area contributed by atoms with Crippen LogP contribution in [0.5, 0.6) is 0 Å². The van der Waals surface area contributed by atoms with Crippen LogP contribution in [0.25, 0.3) is 0 Å². The molecule has 1 amide bonds. The summed E-state index contributed by atoms with van der Waals surface area (Å²) in [5.41, 5.74) is 7.08. The Bertz CT molecular complexity index is 971. The summed E-state index contributed by atoms with van der Waals surface area (Å²) in [6.45, 7) is 0.403. The van der Waals surface area contributed by atoms with E-state index in [9.17, 15) is 27.6 Å². The van der Waals surface area contributed by atoms with E-state index < -0.39 is 30.1 Å². The maximum atomic E-state index is 12.4. The quantitative estimate of drug-likeness (QED) is 0.390.